The number of rotatable bonds is 10. The quantitative estimate of drug-likeness (QED) is 0.166. The van der Waals surface area contributed by atoms with Gasteiger partial charge in [-0.3, -0.25) is 9.59 Å². The third-order valence-electron chi connectivity index (χ3n) is 4.79. The van der Waals surface area contributed by atoms with Crippen LogP contribution in [0, 0.1) is 0 Å². The van der Waals surface area contributed by atoms with Crippen molar-refractivity contribution in [2.24, 2.45) is 5.10 Å². The number of hydrogen-bond donors (Lipinski definition) is 2. The van der Waals surface area contributed by atoms with Gasteiger partial charge in [0.05, 0.1) is 25.0 Å². The first-order chi connectivity index (χ1) is 17.8. The Morgan fingerprint density at radius 2 is 1.51 bits per heavy atom. The fourth-order valence-corrected chi connectivity index (χ4v) is 3.36. The number of halogens is 1. The molecule has 0 atom stereocenters. The van der Waals surface area contributed by atoms with Crippen LogP contribution in [0.2, 0.25) is 5.02 Å². The SMILES string of the molecule is CCOc1ccc(C(=O)Oc2ccc(Cl)cc2/C=N/NC(=O)c2ccc(NC(C)=O)cc2)cc1OCC. The van der Waals surface area contributed by atoms with Gasteiger partial charge in [0.2, 0.25) is 5.91 Å². The lowest BCUT2D eigenvalue weighted by Gasteiger charge is -2.13. The minimum atomic E-state index is -0.621. The second-order valence-corrected chi connectivity index (χ2v) is 7.99. The van der Waals surface area contributed by atoms with Gasteiger partial charge in [0.25, 0.3) is 5.91 Å². The van der Waals surface area contributed by atoms with E-state index in [1.165, 1.54) is 19.2 Å². The predicted molar refractivity (Wildman–Crippen MR) is 141 cm³/mol. The van der Waals surface area contributed by atoms with Gasteiger partial charge < -0.3 is 19.5 Å². The highest BCUT2D eigenvalue weighted by molar-refractivity contribution is 6.31. The molecule has 192 valence electrons. The highest BCUT2D eigenvalue weighted by Crippen LogP contribution is 2.29. The molecule has 3 aromatic carbocycles. The van der Waals surface area contributed by atoms with Gasteiger partial charge in [-0.15, -0.1) is 0 Å². The lowest BCUT2D eigenvalue weighted by atomic mass is 10.2. The summed E-state index contributed by atoms with van der Waals surface area (Å²) in [7, 11) is 0. The van der Waals surface area contributed by atoms with Crippen molar-refractivity contribution in [3.8, 4) is 17.2 Å². The maximum Gasteiger partial charge on any atom is 0.343 e. The summed E-state index contributed by atoms with van der Waals surface area (Å²) in [6.07, 6.45) is 1.32. The van der Waals surface area contributed by atoms with Crippen molar-refractivity contribution in [1.82, 2.24) is 5.43 Å². The highest BCUT2D eigenvalue weighted by Gasteiger charge is 2.15. The van der Waals surface area contributed by atoms with E-state index in [0.29, 0.717) is 46.5 Å². The normalized spacial score (nSPS) is 10.6. The average Bonchev–Trinajstić information content (AvgIpc) is 2.87. The Morgan fingerprint density at radius 3 is 2.19 bits per heavy atom. The van der Waals surface area contributed by atoms with Crippen LogP contribution in [0.25, 0.3) is 0 Å². The molecule has 37 heavy (non-hydrogen) atoms. The molecule has 0 radical (unpaired) electrons. The van der Waals surface area contributed by atoms with E-state index in [-0.39, 0.29) is 17.2 Å². The summed E-state index contributed by atoms with van der Waals surface area (Å²) in [5.41, 5.74) is 3.95. The zero-order valence-corrected chi connectivity index (χ0v) is 21.3. The number of hydrogen-bond acceptors (Lipinski definition) is 7. The molecule has 0 aliphatic carbocycles. The van der Waals surface area contributed by atoms with Crippen LogP contribution >= 0.6 is 11.6 Å². The molecule has 0 unspecified atom stereocenters. The Hall–Kier alpha value is -4.37. The molecule has 0 aliphatic heterocycles. The molecule has 2 amide bonds. The topological polar surface area (TPSA) is 115 Å². The van der Waals surface area contributed by atoms with E-state index in [4.69, 9.17) is 25.8 Å². The van der Waals surface area contributed by atoms with Crippen LogP contribution < -0.4 is 25.0 Å². The van der Waals surface area contributed by atoms with Gasteiger partial charge in [0, 0.05) is 28.8 Å². The molecule has 0 saturated heterocycles. The van der Waals surface area contributed by atoms with Crippen LogP contribution in [0.3, 0.4) is 0 Å². The van der Waals surface area contributed by atoms with Crippen molar-refractivity contribution in [3.05, 3.63) is 82.4 Å². The molecular weight excluding hydrogens is 498 g/mol. The van der Waals surface area contributed by atoms with Gasteiger partial charge in [-0.25, -0.2) is 10.2 Å². The number of benzene rings is 3. The second kappa shape index (κ2) is 13.1. The number of carbonyl (C=O) groups is 3. The Morgan fingerprint density at radius 1 is 0.865 bits per heavy atom. The van der Waals surface area contributed by atoms with Gasteiger partial charge in [-0.2, -0.15) is 5.10 Å². The molecule has 0 saturated carbocycles. The van der Waals surface area contributed by atoms with E-state index in [9.17, 15) is 14.4 Å². The van der Waals surface area contributed by atoms with Gasteiger partial charge in [-0.1, -0.05) is 11.6 Å². The van der Waals surface area contributed by atoms with Gasteiger partial charge in [-0.05, 0) is 74.5 Å². The van der Waals surface area contributed by atoms with E-state index in [0.717, 1.165) is 0 Å². The fourth-order valence-electron chi connectivity index (χ4n) is 3.18. The molecule has 10 heteroatoms. The van der Waals surface area contributed by atoms with E-state index in [1.54, 1.807) is 54.6 Å². The van der Waals surface area contributed by atoms with Crippen molar-refractivity contribution in [1.29, 1.82) is 0 Å². The van der Waals surface area contributed by atoms with Crippen LogP contribution in [0.1, 0.15) is 47.1 Å². The fraction of sp³-hybridized carbons (Fsp3) is 0.185. The second-order valence-electron chi connectivity index (χ2n) is 7.56. The molecule has 0 fully saturated rings. The number of hydrazone groups is 1. The maximum absolute atomic E-state index is 12.8. The van der Waals surface area contributed by atoms with E-state index in [1.807, 2.05) is 13.8 Å². The number of carbonyl (C=O) groups excluding carboxylic acids is 3. The number of esters is 1. The lowest BCUT2D eigenvalue weighted by Crippen LogP contribution is -2.18. The maximum atomic E-state index is 12.8. The van der Waals surface area contributed by atoms with Gasteiger partial charge in [0.1, 0.15) is 5.75 Å². The van der Waals surface area contributed by atoms with Crippen LogP contribution in [0.5, 0.6) is 17.2 Å². The Balaban J connectivity index is 1.72. The van der Waals surface area contributed by atoms with Gasteiger partial charge >= 0.3 is 5.97 Å². The highest BCUT2D eigenvalue weighted by atomic mass is 35.5. The molecule has 0 aromatic heterocycles. The number of nitrogens with one attached hydrogen (secondary N) is 2. The van der Waals surface area contributed by atoms with Crippen molar-refractivity contribution >= 4 is 41.3 Å². The Labute approximate surface area is 219 Å². The summed E-state index contributed by atoms with van der Waals surface area (Å²) in [6, 6.07) is 15.7. The monoisotopic (exact) mass is 523 g/mol. The summed E-state index contributed by atoms with van der Waals surface area (Å²) in [5.74, 6) is -0.144. The van der Waals surface area contributed by atoms with Crippen LogP contribution in [0.15, 0.2) is 65.8 Å². The van der Waals surface area contributed by atoms with Crippen molar-refractivity contribution in [2.45, 2.75) is 20.8 Å². The number of anilines is 1. The summed E-state index contributed by atoms with van der Waals surface area (Å²) >= 11 is 6.11. The average molecular weight is 524 g/mol. The predicted octanol–water partition coefficient (Wildman–Crippen LogP) is 5.08. The molecule has 0 heterocycles. The summed E-state index contributed by atoms with van der Waals surface area (Å²) in [6.45, 7) is 5.94. The zero-order chi connectivity index (χ0) is 26.8. The minimum Gasteiger partial charge on any atom is -0.490 e. The first-order valence-electron chi connectivity index (χ1n) is 11.4. The molecule has 2 N–H and O–H groups in total. The molecule has 3 aromatic rings. The first kappa shape index (κ1) is 27.2. The number of nitrogens with zero attached hydrogens (tertiary/aromatic N) is 1. The summed E-state index contributed by atoms with van der Waals surface area (Å²) in [4.78, 5) is 36.4. The van der Waals surface area contributed by atoms with Crippen LogP contribution in [0.4, 0.5) is 5.69 Å². The van der Waals surface area contributed by atoms with E-state index in [2.05, 4.69) is 15.8 Å². The van der Waals surface area contributed by atoms with E-state index >= 15 is 0 Å². The Bertz CT molecular complexity index is 1310. The van der Waals surface area contributed by atoms with Crippen LogP contribution in [-0.2, 0) is 4.79 Å². The van der Waals surface area contributed by atoms with Gasteiger partial charge in [0.15, 0.2) is 11.5 Å². The Kier molecular flexibility index (Phi) is 9.62. The molecule has 0 aliphatic rings. The first-order valence-corrected chi connectivity index (χ1v) is 11.8. The lowest BCUT2D eigenvalue weighted by molar-refractivity contribution is -0.114. The third kappa shape index (κ3) is 7.81. The minimum absolute atomic E-state index is 0.193. The molecule has 9 nitrogen and oxygen atoms in total. The van der Waals surface area contributed by atoms with Crippen molar-refractivity contribution < 1.29 is 28.6 Å². The summed E-state index contributed by atoms with van der Waals surface area (Å²) < 4.78 is 16.7. The smallest absolute Gasteiger partial charge is 0.343 e. The molecule has 3 rings (SSSR count). The summed E-state index contributed by atoms with van der Waals surface area (Å²) in [5, 5.41) is 6.97. The molecular formula is C27H26ClN3O6. The molecule has 0 bridgehead atoms. The number of amides is 2. The zero-order valence-electron chi connectivity index (χ0n) is 20.5. The standard InChI is InChI=1S/C27H26ClN3O6/c1-4-35-24-12-8-19(15-25(24)36-5-2)27(34)37-23-13-9-21(28)14-20(23)16-29-31-26(33)18-6-10-22(11-7-18)30-17(3)32/h6-16H,4-5H2,1-3H3,(H,30,32)(H,31,33)/b29-16+. The van der Waals surface area contributed by atoms with Crippen molar-refractivity contribution in [3.63, 3.8) is 0 Å². The third-order valence-corrected chi connectivity index (χ3v) is 5.03. The molecule has 0 spiro atoms. The van der Waals surface area contributed by atoms with Crippen molar-refractivity contribution in [2.75, 3.05) is 18.5 Å². The number of ether oxygens (including phenoxy) is 3. The van der Waals surface area contributed by atoms with E-state index < -0.39 is 11.9 Å². The largest absolute Gasteiger partial charge is 0.490 e. The van der Waals surface area contributed by atoms with Crippen LogP contribution in [-0.4, -0.2) is 37.2 Å².